The number of rotatable bonds is 3. The summed E-state index contributed by atoms with van der Waals surface area (Å²) in [6.07, 6.45) is 2.68. The normalized spacial score (nSPS) is 31.3. The minimum absolute atomic E-state index is 0.0139. The Morgan fingerprint density at radius 3 is 2.62 bits per heavy atom. The highest BCUT2D eigenvalue weighted by molar-refractivity contribution is 5.75. The number of hydrogen-bond donors (Lipinski definition) is 2. The van der Waals surface area contributed by atoms with E-state index in [1.54, 1.807) is 11.8 Å². The average Bonchev–Trinajstić information content (AvgIpc) is 2.77. The first-order valence-corrected chi connectivity index (χ1v) is 7.76. The lowest BCUT2D eigenvalue weighted by Gasteiger charge is -2.37. The molecule has 21 heavy (non-hydrogen) atoms. The van der Waals surface area contributed by atoms with Gasteiger partial charge in [0.2, 0.25) is 0 Å². The van der Waals surface area contributed by atoms with Gasteiger partial charge in [0, 0.05) is 26.1 Å². The van der Waals surface area contributed by atoms with Crippen LogP contribution in [0.5, 0.6) is 0 Å². The molecule has 2 amide bonds. The van der Waals surface area contributed by atoms with E-state index in [-0.39, 0.29) is 24.3 Å². The molecule has 120 valence electrons. The highest BCUT2D eigenvalue weighted by Gasteiger charge is 2.37. The quantitative estimate of drug-likeness (QED) is 0.825. The fourth-order valence-corrected chi connectivity index (χ4v) is 3.40. The van der Waals surface area contributed by atoms with Crippen molar-refractivity contribution in [3.63, 3.8) is 0 Å². The van der Waals surface area contributed by atoms with Crippen LogP contribution in [0.1, 0.15) is 39.5 Å². The molecule has 2 N–H and O–H groups in total. The fourth-order valence-electron chi connectivity index (χ4n) is 3.40. The molecule has 2 heterocycles. The molecule has 2 aliphatic rings. The Kier molecular flexibility index (Phi) is 4.76. The molecule has 6 nitrogen and oxygen atoms in total. The molecule has 0 aliphatic carbocycles. The number of hydrogen-bond acceptors (Lipinski definition) is 3. The van der Waals surface area contributed by atoms with Crippen LogP contribution in [0.4, 0.5) is 4.79 Å². The second-order valence-corrected chi connectivity index (χ2v) is 6.87. The van der Waals surface area contributed by atoms with E-state index in [1.807, 2.05) is 11.8 Å². The number of carbonyl (C=O) groups is 2. The summed E-state index contributed by atoms with van der Waals surface area (Å²) in [5.74, 6) is -0.441. The zero-order valence-corrected chi connectivity index (χ0v) is 12.9. The first-order valence-electron chi connectivity index (χ1n) is 7.76. The Labute approximate surface area is 125 Å². The maximum absolute atomic E-state index is 12.5. The molecule has 0 radical (unpaired) electrons. The zero-order chi connectivity index (χ0) is 15.6. The summed E-state index contributed by atoms with van der Waals surface area (Å²) >= 11 is 0. The van der Waals surface area contributed by atoms with E-state index < -0.39 is 11.6 Å². The standard InChI is InChI=1S/C15H26N2O4/c1-11(8-13(18)19)12-4-3-6-16(9-12)14(20)17-7-5-15(2,21)10-17/h11-12,21H,3-10H2,1-2H3,(H,18,19). The van der Waals surface area contributed by atoms with E-state index in [0.29, 0.717) is 26.1 Å². The van der Waals surface area contributed by atoms with Crippen molar-refractivity contribution in [1.29, 1.82) is 0 Å². The van der Waals surface area contributed by atoms with Crippen LogP contribution in [-0.2, 0) is 4.79 Å². The van der Waals surface area contributed by atoms with Gasteiger partial charge in [-0.05, 0) is 38.0 Å². The number of amides is 2. The third-order valence-corrected chi connectivity index (χ3v) is 4.75. The third kappa shape index (κ3) is 4.09. The van der Waals surface area contributed by atoms with Gasteiger partial charge in [-0.2, -0.15) is 0 Å². The van der Waals surface area contributed by atoms with Crippen molar-refractivity contribution in [1.82, 2.24) is 9.80 Å². The molecular weight excluding hydrogens is 272 g/mol. The summed E-state index contributed by atoms with van der Waals surface area (Å²) in [6, 6.07) is -0.0139. The Balaban J connectivity index is 1.91. The lowest BCUT2D eigenvalue weighted by atomic mass is 9.85. The largest absolute Gasteiger partial charge is 0.481 e. The van der Waals surface area contributed by atoms with Crippen LogP contribution in [0.15, 0.2) is 0 Å². The molecule has 2 aliphatic heterocycles. The molecule has 0 bridgehead atoms. The Morgan fingerprint density at radius 1 is 1.33 bits per heavy atom. The van der Waals surface area contributed by atoms with Crippen molar-refractivity contribution < 1.29 is 19.8 Å². The summed E-state index contributed by atoms with van der Waals surface area (Å²) in [7, 11) is 0. The van der Waals surface area contributed by atoms with Crippen LogP contribution in [0.25, 0.3) is 0 Å². The van der Waals surface area contributed by atoms with Gasteiger partial charge < -0.3 is 20.0 Å². The maximum atomic E-state index is 12.5. The van der Waals surface area contributed by atoms with Crippen molar-refractivity contribution in [3.8, 4) is 0 Å². The van der Waals surface area contributed by atoms with Crippen LogP contribution in [0.3, 0.4) is 0 Å². The predicted molar refractivity (Wildman–Crippen MR) is 77.9 cm³/mol. The van der Waals surface area contributed by atoms with E-state index in [0.717, 1.165) is 19.4 Å². The van der Waals surface area contributed by atoms with E-state index >= 15 is 0 Å². The molecule has 0 aromatic heterocycles. The van der Waals surface area contributed by atoms with E-state index in [2.05, 4.69) is 0 Å². The molecule has 3 unspecified atom stereocenters. The van der Waals surface area contributed by atoms with Crippen LogP contribution in [0.2, 0.25) is 0 Å². The third-order valence-electron chi connectivity index (χ3n) is 4.75. The molecular formula is C15H26N2O4. The van der Waals surface area contributed by atoms with Crippen LogP contribution in [-0.4, -0.2) is 63.8 Å². The number of carboxylic acids is 1. The van der Waals surface area contributed by atoms with Crippen molar-refractivity contribution >= 4 is 12.0 Å². The molecule has 0 saturated carbocycles. The minimum atomic E-state index is -0.776. The van der Waals surface area contributed by atoms with Gasteiger partial charge in [0.05, 0.1) is 12.1 Å². The summed E-state index contributed by atoms with van der Waals surface area (Å²) in [5, 5.41) is 18.9. The van der Waals surface area contributed by atoms with Crippen molar-refractivity contribution in [2.45, 2.75) is 45.1 Å². The van der Waals surface area contributed by atoms with Gasteiger partial charge in [0.15, 0.2) is 0 Å². The number of likely N-dealkylation sites (tertiary alicyclic amines) is 2. The number of urea groups is 1. The second kappa shape index (κ2) is 6.22. The minimum Gasteiger partial charge on any atom is -0.481 e. The van der Waals surface area contributed by atoms with Crippen LogP contribution in [0, 0.1) is 11.8 Å². The number of carbonyl (C=O) groups excluding carboxylic acids is 1. The molecule has 2 fully saturated rings. The van der Waals surface area contributed by atoms with Gasteiger partial charge >= 0.3 is 12.0 Å². The average molecular weight is 298 g/mol. The fraction of sp³-hybridized carbons (Fsp3) is 0.867. The molecule has 0 aromatic carbocycles. The van der Waals surface area contributed by atoms with Crippen molar-refractivity contribution in [2.24, 2.45) is 11.8 Å². The molecule has 3 atom stereocenters. The van der Waals surface area contributed by atoms with Gasteiger partial charge in [-0.1, -0.05) is 6.92 Å². The second-order valence-electron chi connectivity index (χ2n) is 6.87. The summed E-state index contributed by atoms with van der Waals surface area (Å²) in [6.45, 7) is 6.05. The molecule has 0 aromatic rings. The molecule has 0 spiro atoms. The number of aliphatic carboxylic acids is 1. The van der Waals surface area contributed by atoms with Crippen LogP contribution >= 0.6 is 0 Å². The van der Waals surface area contributed by atoms with Crippen molar-refractivity contribution in [3.05, 3.63) is 0 Å². The SMILES string of the molecule is CC(CC(=O)O)C1CCCN(C(=O)N2CCC(C)(O)C2)C1. The van der Waals surface area contributed by atoms with Gasteiger partial charge in [-0.25, -0.2) is 4.79 Å². The summed E-state index contributed by atoms with van der Waals surface area (Å²) in [5.41, 5.74) is -0.776. The summed E-state index contributed by atoms with van der Waals surface area (Å²) in [4.78, 5) is 26.9. The number of piperidine rings is 1. The smallest absolute Gasteiger partial charge is 0.320 e. The first kappa shape index (κ1) is 16.1. The van der Waals surface area contributed by atoms with Crippen LogP contribution < -0.4 is 0 Å². The van der Waals surface area contributed by atoms with E-state index in [4.69, 9.17) is 5.11 Å². The topological polar surface area (TPSA) is 81.1 Å². The Bertz CT molecular complexity index is 410. The van der Waals surface area contributed by atoms with Gasteiger partial charge in [0.25, 0.3) is 0 Å². The summed E-state index contributed by atoms with van der Waals surface area (Å²) < 4.78 is 0. The predicted octanol–water partition coefficient (Wildman–Crippen LogP) is 1.39. The number of nitrogens with zero attached hydrogens (tertiary/aromatic N) is 2. The molecule has 2 saturated heterocycles. The van der Waals surface area contributed by atoms with E-state index in [9.17, 15) is 14.7 Å². The lowest BCUT2D eigenvalue weighted by Crippen LogP contribution is -2.48. The number of aliphatic hydroxyl groups is 1. The van der Waals surface area contributed by atoms with Gasteiger partial charge in [-0.3, -0.25) is 4.79 Å². The molecule has 2 rings (SSSR count). The Hall–Kier alpha value is -1.30. The number of carboxylic acid groups (broad SMARTS) is 1. The van der Waals surface area contributed by atoms with Crippen molar-refractivity contribution in [2.75, 3.05) is 26.2 Å². The maximum Gasteiger partial charge on any atom is 0.320 e. The highest BCUT2D eigenvalue weighted by Crippen LogP contribution is 2.28. The first-order chi connectivity index (χ1) is 9.78. The zero-order valence-electron chi connectivity index (χ0n) is 12.9. The highest BCUT2D eigenvalue weighted by atomic mass is 16.4. The number of β-amino-alcohol motifs (C(OH)–C–C–N with tert-alkyl or cyclic N) is 1. The van der Waals surface area contributed by atoms with E-state index in [1.165, 1.54) is 0 Å². The Morgan fingerprint density at radius 2 is 2.05 bits per heavy atom. The van der Waals surface area contributed by atoms with Gasteiger partial charge in [0.1, 0.15) is 0 Å². The molecule has 6 heteroatoms. The lowest BCUT2D eigenvalue weighted by molar-refractivity contribution is -0.138. The van der Waals surface area contributed by atoms with Gasteiger partial charge in [-0.15, -0.1) is 0 Å². The monoisotopic (exact) mass is 298 g/mol.